The largest absolute Gasteiger partial charge is 0.462 e. The van der Waals surface area contributed by atoms with Crippen LogP contribution in [0.5, 0.6) is 0 Å². The van der Waals surface area contributed by atoms with Crippen molar-refractivity contribution in [3.05, 3.63) is 23.8 Å². The van der Waals surface area contributed by atoms with Gasteiger partial charge in [-0.05, 0) is 38.7 Å². The number of thioether (sulfide) groups is 1. The van der Waals surface area contributed by atoms with Crippen molar-refractivity contribution in [2.24, 2.45) is 0 Å². The van der Waals surface area contributed by atoms with E-state index in [0.717, 1.165) is 11.3 Å². The second kappa shape index (κ2) is 9.75. The number of fused-ring (bicyclic) bond motifs is 1. The average molecular weight is 394 g/mol. The van der Waals surface area contributed by atoms with E-state index in [2.05, 4.69) is 0 Å². The number of amides is 1. The number of likely N-dealkylation sites (N-methyl/N-ethyl adjacent to an activating group) is 1. The molecule has 2 rings (SSSR count). The van der Waals surface area contributed by atoms with Gasteiger partial charge in [-0.25, -0.2) is 4.79 Å². The summed E-state index contributed by atoms with van der Waals surface area (Å²) < 4.78 is 10.4. The third-order valence-electron chi connectivity index (χ3n) is 3.93. The zero-order valence-electron chi connectivity index (χ0n) is 16.2. The molecule has 148 valence electrons. The van der Waals surface area contributed by atoms with Crippen LogP contribution in [0, 0.1) is 0 Å². The summed E-state index contributed by atoms with van der Waals surface area (Å²) >= 11 is 1.43. The van der Waals surface area contributed by atoms with E-state index in [1.165, 1.54) is 18.7 Å². The minimum Gasteiger partial charge on any atom is -0.462 e. The van der Waals surface area contributed by atoms with Crippen LogP contribution in [-0.4, -0.2) is 68.4 Å². The molecular formula is C19H26N2O5S. The highest BCUT2D eigenvalue weighted by atomic mass is 32.2. The van der Waals surface area contributed by atoms with Crippen LogP contribution in [0.25, 0.3) is 0 Å². The molecule has 1 aromatic rings. The molecule has 0 radical (unpaired) electrons. The number of anilines is 1. The van der Waals surface area contributed by atoms with Crippen molar-refractivity contribution < 1.29 is 23.9 Å². The van der Waals surface area contributed by atoms with Crippen LogP contribution in [-0.2, 0) is 19.1 Å². The van der Waals surface area contributed by atoms with Crippen LogP contribution in [0.15, 0.2) is 23.1 Å². The Balaban J connectivity index is 2.37. The van der Waals surface area contributed by atoms with Crippen molar-refractivity contribution in [1.29, 1.82) is 0 Å². The highest BCUT2D eigenvalue weighted by Crippen LogP contribution is 2.36. The number of rotatable bonds is 7. The standard InChI is InChI=1S/C19H26N2O5S/c1-5-10-25-19(24)14-6-7-17-15(11-14)21(9-8-20(3)4)18(23)16(12-27-17)26-13(2)22/h6-7,11,16H,5,8-10,12H2,1-4H3/t16-/m1/s1. The summed E-state index contributed by atoms with van der Waals surface area (Å²) in [6.07, 6.45) is -0.109. The van der Waals surface area contributed by atoms with Crippen LogP contribution in [0.1, 0.15) is 30.6 Å². The molecule has 0 N–H and O–H groups in total. The molecule has 1 aliphatic heterocycles. The third-order valence-corrected chi connectivity index (χ3v) is 5.06. The summed E-state index contributed by atoms with van der Waals surface area (Å²) in [7, 11) is 3.83. The van der Waals surface area contributed by atoms with Crippen molar-refractivity contribution >= 4 is 35.3 Å². The molecular weight excluding hydrogens is 368 g/mol. The Morgan fingerprint density at radius 1 is 1.33 bits per heavy atom. The van der Waals surface area contributed by atoms with Gasteiger partial charge in [0.1, 0.15) is 0 Å². The maximum absolute atomic E-state index is 13.0. The Bertz CT molecular complexity index is 707. The molecule has 1 amide bonds. The summed E-state index contributed by atoms with van der Waals surface area (Å²) in [5, 5.41) is 0. The number of esters is 2. The second-order valence-electron chi connectivity index (χ2n) is 6.52. The number of nitrogens with zero attached hydrogens (tertiary/aromatic N) is 2. The fourth-order valence-electron chi connectivity index (χ4n) is 2.60. The first-order chi connectivity index (χ1) is 12.8. The van der Waals surface area contributed by atoms with Gasteiger partial charge in [0.2, 0.25) is 0 Å². The lowest BCUT2D eigenvalue weighted by Gasteiger charge is -2.26. The first-order valence-electron chi connectivity index (χ1n) is 8.90. The van der Waals surface area contributed by atoms with Gasteiger partial charge in [0.05, 0.1) is 17.9 Å². The summed E-state index contributed by atoms with van der Waals surface area (Å²) in [6, 6.07) is 5.20. The highest BCUT2D eigenvalue weighted by Gasteiger charge is 2.33. The van der Waals surface area contributed by atoms with Crippen LogP contribution in [0.2, 0.25) is 0 Å². The maximum Gasteiger partial charge on any atom is 0.338 e. The van der Waals surface area contributed by atoms with Gasteiger partial charge in [-0.1, -0.05) is 6.92 Å². The molecule has 1 atom stereocenters. The first-order valence-corrected chi connectivity index (χ1v) is 9.89. The predicted molar refractivity (Wildman–Crippen MR) is 104 cm³/mol. The van der Waals surface area contributed by atoms with Crippen LogP contribution in [0.3, 0.4) is 0 Å². The minimum atomic E-state index is -0.849. The first kappa shape index (κ1) is 21.2. The van der Waals surface area contributed by atoms with Crippen molar-refractivity contribution in [2.45, 2.75) is 31.3 Å². The smallest absolute Gasteiger partial charge is 0.338 e. The van der Waals surface area contributed by atoms with E-state index in [1.807, 2.05) is 32.0 Å². The van der Waals surface area contributed by atoms with E-state index in [4.69, 9.17) is 9.47 Å². The number of hydrogen-bond donors (Lipinski definition) is 0. The Labute approximate surface area is 164 Å². The molecule has 7 nitrogen and oxygen atoms in total. The van der Waals surface area contributed by atoms with Gasteiger partial charge in [0.25, 0.3) is 5.91 Å². The lowest BCUT2D eigenvalue weighted by molar-refractivity contribution is -0.151. The van der Waals surface area contributed by atoms with Gasteiger partial charge in [0, 0.05) is 30.7 Å². The molecule has 1 aromatic carbocycles. The van der Waals surface area contributed by atoms with E-state index >= 15 is 0 Å². The van der Waals surface area contributed by atoms with E-state index < -0.39 is 18.0 Å². The minimum absolute atomic E-state index is 0.280. The van der Waals surface area contributed by atoms with Gasteiger partial charge in [-0.2, -0.15) is 0 Å². The Morgan fingerprint density at radius 3 is 2.70 bits per heavy atom. The molecule has 0 unspecified atom stereocenters. The molecule has 1 aliphatic rings. The summed E-state index contributed by atoms with van der Waals surface area (Å²) in [5.41, 5.74) is 1.05. The summed E-state index contributed by atoms with van der Waals surface area (Å²) in [4.78, 5) is 41.1. The molecule has 1 heterocycles. The van der Waals surface area contributed by atoms with Gasteiger partial charge in [0.15, 0.2) is 6.10 Å². The summed E-state index contributed by atoms with van der Waals surface area (Å²) in [6.45, 7) is 4.62. The molecule has 0 saturated carbocycles. The Hall–Kier alpha value is -2.06. The lowest BCUT2D eigenvalue weighted by Crippen LogP contribution is -2.44. The lowest BCUT2D eigenvalue weighted by atomic mass is 10.1. The average Bonchev–Trinajstić information content (AvgIpc) is 2.74. The fourth-order valence-corrected chi connectivity index (χ4v) is 3.62. The molecule has 0 aromatic heterocycles. The number of hydrogen-bond acceptors (Lipinski definition) is 7. The third kappa shape index (κ3) is 5.71. The topological polar surface area (TPSA) is 76.2 Å². The Morgan fingerprint density at radius 2 is 2.07 bits per heavy atom. The van der Waals surface area contributed by atoms with Crippen LogP contribution < -0.4 is 4.90 Å². The van der Waals surface area contributed by atoms with E-state index in [1.54, 1.807) is 17.0 Å². The predicted octanol–water partition coefficient (Wildman–Crippen LogP) is 2.19. The Kier molecular flexibility index (Phi) is 7.67. The van der Waals surface area contributed by atoms with Crippen LogP contribution in [0.4, 0.5) is 5.69 Å². The van der Waals surface area contributed by atoms with E-state index in [-0.39, 0.29) is 5.91 Å². The van der Waals surface area contributed by atoms with Gasteiger partial charge in [-0.3, -0.25) is 9.59 Å². The molecule has 0 bridgehead atoms. The van der Waals surface area contributed by atoms with Crippen molar-refractivity contribution in [3.8, 4) is 0 Å². The summed E-state index contributed by atoms with van der Waals surface area (Å²) in [5.74, 6) is -0.845. The fraction of sp³-hybridized carbons (Fsp3) is 0.526. The molecule has 0 aliphatic carbocycles. The van der Waals surface area contributed by atoms with Gasteiger partial charge < -0.3 is 19.3 Å². The zero-order valence-corrected chi connectivity index (χ0v) is 17.0. The number of benzene rings is 1. The molecule has 0 saturated heterocycles. The molecule has 8 heteroatoms. The second-order valence-corrected chi connectivity index (χ2v) is 7.58. The maximum atomic E-state index is 13.0. The number of carbonyl (C=O) groups is 3. The SMILES string of the molecule is CCCOC(=O)c1ccc2c(c1)N(CCN(C)C)C(=O)[C@H](OC(C)=O)CS2. The van der Waals surface area contributed by atoms with E-state index in [0.29, 0.717) is 36.7 Å². The van der Waals surface area contributed by atoms with Crippen molar-refractivity contribution in [2.75, 3.05) is 44.4 Å². The molecule has 27 heavy (non-hydrogen) atoms. The monoisotopic (exact) mass is 394 g/mol. The molecule has 0 fully saturated rings. The zero-order chi connectivity index (χ0) is 20.0. The van der Waals surface area contributed by atoms with Gasteiger partial charge in [-0.15, -0.1) is 11.8 Å². The number of ether oxygens (including phenoxy) is 2. The highest BCUT2D eigenvalue weighted by molar-refractivity contribution is 7.99. The van der Waals surface area contributed by atoms with Crippen molar-refractivity contribution in [3.63, 3.8) is 0 Å². The number of carbonyl (C=O) groups excluding carboxylic acids is 3. The van der Waals surface area contributed by atoms with Crippen molar-refractivity contribution in [1.82, 2.24) is 4.90 Å². The molecule has 0 spiro atoms. The van der Waals surface area contributed by atoms with Crippen LogP contribution >= 0.6 is 11.8 Å². The quantitative estimate of drug-likeness (QED) is 0.656. The van der Waals surface area contributed by atoms with E-state index in [9.17, 15) is 14.4 Å². The van der Waals surface area contributed by atoms with Gasteiger partial charge >= 0.3 is 11.9 Å². The normalized spacial score (nSPS) is 16.7.